The number of esters is 1. The second kappa shape index (κ2) is 7.72. The molecule has 0 bridgehead atoms. The van der Waals surface area contributed by atoms with Gasteiger partial charge in [-0.15, -0.1) is 0 Å². The topological polar surface area (TPSA) is 64.6 Å². The van der Waals surface area contributed by atoms with Crippen molar-refractivity contribution >= 4 is 23.2 Å². The Labute approximate surface area is 132 Å². The quantitative estimate of drug-likeness (QED) is 0.831. The molecule has 0 aliphatic rings. The lowest BCUT2D eigenvalue weighted by Crippen LogP contribution is -2.29. The van der Waals surface area contributed by atoms with E-state index in [9.17, 15) is 9.59 Å². The minimum Gasteiger partial charge on any atom is -0.465 e. The Balaban J connectivity index is 1.95. The second-order valence-electron chi connectivity index (χ2n) is 4.56. The number of benzene rings is 1. The highest BCUT2D eigenvalue weighted by Crippen LogP contribution is 2.18. The lowest BCUT2D eigenvalue weighted by Gasteiger charge is -2.15. The SMILES string of the molecule is COC(=O)c1ccc(C(=O)NCC(OC)c2ccsc2)cc1. The van der Waals surface area contributed by atoms with Crippen LogP contribution in [0.1, 0.15) is 32.4 Å². The Morgan fingerprint density at radius 3 is 2.36 bits per heavy atom. The molecule has 1 unspecified atom stereocenters. The highest BCUT2D eigenvalue weighted by atomic mass is 32.1. The third kappa shape index (κ3) is 3.93. The number of amides is 1. The lowest BCUT2D eigenvalue weighted by atomic mass is 10.1. The molecule has 2 rings (SSSR count). The van der Waals surface area contributed by atoms with E-state index in [0.717, 1.165) is 5.56 Å². The number of ether oxygens (including phenoxy) is 2. The molecule has 1 amide bonds. The van der Waals surface area contributed by atoms with Crippen molar-refractivity contribution in [3.05, 3.63) is 57.8 Å². The molecule has 5 nitrogen and oxygen atoms in total. The Bertz CT molecular complexity index is 622. The van der Waals surface area contributed by atoms with Crippen LogP contribution in [-0.4, -0.2) is 32.6 Å². The van der Waals surface area contributed by atoms with Crippen LogP contribution in [-0.2, 0) is 9.47 Å². The maximum Gasteiger partial charge on any atom is 0.337 e. The van der Waals surface area contributed by atoms with Crippen LogP contribution < -0.4 is 5.32 Å². The maximum atomic E-state index is 12.1. The van der Waals surface area contributed by atoms with Crippen molar-refractivity contribution in [2.75, 3.05) is 20.8 Å². The van der Waals surface area contributed by atoms with E-state index in [2.05, 4.69) is 10.1 Å². The van der Waals surface area contributed by atoms with Crippen LogP contribution in [0.5, 0.6) is 0 Å². The van der Waals surface area contributed by atoms with Crippen molar-refractivity contribution in [1.29, 1.82) is 0 Å². The number of rotatable bonds is 6. The van der Waals surface area contributed by atoms with Gasteiger partial charge < -0.3 is 14.8 Å². The summed E-state index contributed by atoms with van der Waals surface area (Å²) < 4.78 is 9.99. The van der Waals surface area contributed by atoms with Crippen LogP contribution in [0.2, 0.25) is 0 Å². The highest BCUT2D eigenvalue weighted by Gasteiger charge is 2.14. The first-order chi connectivity index (χ1) is 10.7. The standard InChI is InChI=1S/C16H17NO4S/c1-20-14(13-7-8-22-10-13)9-17-15(18)11-3-5-12(6-4-11)16(19)21-2/h3-8,10,14H,9H2,1-2H3,(H,17,18). The van der Waals surface area contributed by atoms with E-state index < -0.39 is 5.97 Å². The Morgan fingerprint density at radius 2 is 1.82 bits per heavy atom. The Hall–Kier alpha value is -2.18. The zero-order chi connectivity index (χ0) is 15.9. The van der Waals surface area contributed by atoms with E-state index in [0.29, 0.717) is 17.7 Å². The molecule has 1 N–H and O–H groups in total. The summed E-state index contributed by atoms with van der Waals surface area (Å²) in [5.74, 6) is -0.641. The maximum absolute atomic E-state index is 12.1. The molecular formula is C16H17NO4S. The zero-order valence-electron chi connectivity index (χ0n) is 12.4. The summed E-state index contributed by atoms with van der Waals surface area (Å²) >= 11 is 1.58. The van der Waals surface area contributed by atoms with Gasteiger partial charge in [-0.05, 0) is 46.7 Å². The summed E-state index contributed by atoms with van der Waals surface area (Å²) in [4.78, 5) is 23.4. The fourth-order valence-electron chi connectivity index (χ4n) is 1.96. The first kappa shape index (κ1) is 16.2. The minimum absolute atomic E-state index is 0.176. The van der Waals surface area contributed by atoms with Gasteiger partial charge in [0.2, 0.25) is 0 Å². The Kier molecular flexibility index (Phi) is 5.68. The molecule has 1 aromatic heterocycles. The van der Waals surface area contributed by atoms with Crippen molar-refractivity contribution in [3.8, 4) is 0 Å². The fourth-order valence-corrected chi connectivity index (χ4v) is 2.66. The van der Waals surface area contributed by atoms with Crippen LogP contribution in [0.25, 0.3) is 0 Å². The van der Waals surface area contributed by atoms with Crippen LogP contribution in [0.3, 0.4) is 0 Å². The van der Waals surface area contributed by atoms with E-state index in [1.807, 2.05) is 16.8 Å². The molecular weight excluding hydrogens is 302 g/mol. The largest absolute Gasteiger partial charge is 0.465 e. The van der Waals surface area contributed by atoms with Crippen molar-refractivity contribution in [1.82, 2.24) is 5.32 Å². The summed E-state index contributed by atoms with van der Waals surface area (Å²) in [6.07, 6.45) is -0.176. The van der Waals surface area contributed by atoms with Crippen LogP contribution >= 0.6 is 11.3 Å². The van der Waals surface area contributed by atoms with Gasteiger partial charge >= 0.3 is 5.97 Å². The van der Waals surface area contributed by atoms with Crippen molar-refractivity contribution in [3.63, 3.8) is 0 Å². The van der Waals surface area contributed by atoms with E-state index in [-0.39, 0.29) is 12.0 Å². The normalized spacial score (nSPS) is 11.7. The number of hydrogen-bond acceptors (Lipinski definition) is 5. The predicted molar refractivity (Wildman–Crippen MR) is 84.2 cm³/mol. The summed E-state index contributed by atoms with van der Waals surface area (Å²) in [7, 11) is 2.93. The molecule has 22 heavy (non-hydrogen) atoms. The van der Waals surface area contributed by atoms with Crippen molar-refractivity contribution in [2.24, 2.45) is 0 Å². The van der Waals surface area contributed by atoms with E-state index in [4.69, 9.17) is 4.74 Å². The minimum atomic E-state index is -0.427. The van der Waals surface area contributed by atoms with Crippen molar-refractivity contribution < 1.29 is 19.1 Å². The van der Waals surface area contributed by atoms with Gasteiger partial charge in [-0.25, -0.2) is 4.79 Å². The molecule has 0 aliphatic carbocycles. The summed E-state index contributed by atoms with van der Waals surface area (Å²) in [6.45, 7) is 0.380. The lowest BCUT2D eigenvalue weighted by molar-refractivity contribution is 0.0600. The number of nitrogens with one attached hydrogen (secondary N) is 1. The van der Waals surface area contributed by atoms with Gasteiger partial charge in [-0.1, -0.05) is 0 Å². The van der Waals surface area contributed by atoms with Gasteiger partial charge in [0.15, 0.2) is 0 Å². The van der Waals surface area contributed by atoms with Gasteiger partial charge in [0, 0.05) is 19.2 Å². The monoisotopic (exact) mass is 319 g/mol. The first-order valence-corrected chi connectivity index (χ1v) is 7.61. The molecule has 0 aliphatic heterocycles. The summed E-state index contributed by atoms with van der Waals surface area (Å²) in [5, 5.41) is 6.78. The number of carbonyl (C=O) groups excluding carboxylic acids is 2. The zero-order valence-corrected chi connectivity index (χ0v) is 13.2. The number of thiophene rings is 1. The molecule has 0 radical (unpaired) electrons. The first-order valence-electron chi connectivity index (χ1n) is 6.67. The van der Waals surface area contributed by atoms with Gasteiger partial charge in [0.05, 0.1) is 12.7 Å². The predicted octanol–water partition coefficient (Wildman–Crippen LogP) is 2.65. The molecule has 0 fully saturated rings. The number of carbonyl (C=O) groups is 2. The van der Waals surface area contributed by atoms with E-state index in [1.54, 1.807) is 42.7 Å². The fraction of sp³-hybridized carbons (Fsp3) is 0.250. The summed E-state index contributed by atoms with van der Waals surface area (Å²) in [6, 6.07) is 8.28. The molecule has 0 saturated carbocycles. The average Bonchev–Trinajstić information content (AvgIpc) is 3.09. The van der Waals surface area contributed by atoms with Gasteiger partial charge in [0.25, 0.3) is 5.91 Å². The molecule has 6 heteroatoms. The Morgan fingerprint density at radius 1 is 1.14 bits per heavy atom. The van der Waals surface area contributed by atoms with Gasteiger partial charge in [-0.3, -0.25) is 4.79 Å². The summed E-state index contributed by atoms with van der Waals surface area (Å²) in [5.41, 5.74) is 1.92. The van der Waals surface area contributed by atoms with Crippen molar-refractivity contribution in [2.45, 2.75) is 6.10 Å². The van der Waals surface area contributed by atoms with E-state index in [1.165, 1.54) is 7.11 Å². The molecule has 1 heterocycles. The average molecular weight is 319 g/mol. The molecule has 2 aromatic rings. The molecule has 1 aromatic carbocycles. The van der Waals surface area contributed by atoms with Crippen LogP contribution in [0, 0.1) is 0 Å². The second-order valence-corrected chi connectivity index (χ2v) is 5.34. The third-order valence-electron chi connectivity index (χ3n) is 3.22. The highest BCUT2D eigenvalue weighted by molar-refractivity contribution is 7.07. The van der Waals surface area contributed by atoms with Gasteiger partial charge in [-0.2, -0.15) is 11.3 Å². The molecule has 0 saturated heterocycles. The number of methoxy groups -OCH3 is 2. The molecule has 0 spiro atoms. The molecule has 116 valence electrons. The van der Waals surface area contributed by atoms with E-state index >= 15 is 0 Å². The van der Waals surface area contributed by atoms with Crippen LogP contribution in [0.15, 0.2) is 41.1 Å². The smallest absolute Gasteiger partial charge is 0.337 e. The molecule has 1 atom stereocenters. The third-order valence-corrected chi connectivity index (χ3v) is 3.92. The van der Waals surface area contributed by atoms with Gasteiger partial charge in [0.1, 0.15) is 6.10 Å². The number of hydrogen-bond donors (Lipinski definition) is 1. The van der Waals surface area contributed by atoms with Crippen LogP contribution in [0.4, 0.5) is 0 Å².